The van der Waals surface area contributed by atoms with Gasteiger partial charge in [-0.2, -0.15) is 0 Å². The van der Waals surface area contributed by atoms with Crippen LogP contribution >= 0.6 is 18.9 Å². The van der Waals surface area contributed by atoms with Crippen LogP contribution in [0.15, 0.2) is 54.6 Å². The number of carboxylic acids is 1. The molecule has 0 aliphatic rings. The Labute approximate surface area is 163 Å². The standard InChI is InChI=1S/C18H15N2O6PS/c21-16(13-8-6-11(7-9-13)10-27(24,25)26)20-18-19-14(15(28-18)17(22)23)12-4-2-1-3-5-12/h1-9H,10H2,(H,22,23)(H,19,20,21)(H2,24,25,26). The zero-order chi connectivity index (χ0) is 20.3. The summed E-state index contributed by atoms with van der Waals surface area (Å²) in [5, 5.41) is 12.1. The molecule has 3 rings (SSSR count). The zero-order valence-corrected chi connectivity index (χ0v) is 16.0. The van der Waals surface area contributed by atoms with Crippen LogP contribution in [0.5, 0.6) is 0 Å². The molecule has 0 fully saturated rings. The molecular formula is C18H15N2O6PS. The number of aromatic carboxylic acids is 1. The van der Waals surface area contributed by atoms with Gasteiger partial charge in [-0.05, 0) is 17.7 Å². The molecule has 2 aromatic carbocycles. The number of carbonyl (C=O) groups is 2. The number of nitrogens with zero attached hydrogens (tertiary/aromatic N) is 1. The van der Waals surface area contributed by atoms with Gasteiger partial charge in [-0.3, -0.25) is 14.7 Å². The minimum absolute atomic E-state index is 0.0125. The summed E-state index contributed by atoms with van der Waals surface area (Å²) in [5.41, 5.74) is 1.55. The van der Waals surface area contributed by atoms with E-state index in [-0.39, 0.29) is 21.3 Å². The minimum Gasteiger partial charge on any atom is -0.477 e. The Kier molecular flexibility index (Phi) is 5.71. The maximum Gasteiger partial charge on any atom is 0.348 e. The van der Waals surface area contributed by atoms with Gasteiger partial charge in [0.1, 0.15) is 4.88 Å². The van der Waals surface area contributed by atoms with Crippen LogP contribution < -0.4 is 5.32 Å². The maximum atomic E-state index is 12.4. The highest BCUT2D eigenvalue weighted by atomic mass is 32.1. The summed E-state index contributed by atoms with van der Waals surface area (Å²) >= 11 is 0.851. The third-order valence-corrected chi connectivity index (χ3v) is 5.43. The maximum absolute atomic E-state index is 12.4. The average Bonchev–Trinajstić information content (AvgIpc) is 3.06. The average molecular weight is 418 g/mol. The first-order chi connectivity index (χ1) is 13.2. The molecule has 0 radical (unpaired) electrons. The fourth-order valence-corrected chi connectivity index (χ4v) is 3.99. The quantitative estimate of drug-likeness (QED) is 0.450. The summed E-state index contributed by atoms with van der Waals surface area (Å²) in [5.74, 6) is -1.65. The Hall–Kier alpha value is -2.84. The van der Waals surface area contributed by atoms with Gasteiger partial charge in [0.15, 0.2) is 5.13 Å². The Morgan fingerprint density at radius 2 is 1.68 bits per heavy atom. The van der Waals surface area contributed by atoms with E-state index in [1.54, 1.807) is 30.3 Å². The molecule has 0 unspecified atom stereocenters. The molecule has 0 spiro atoms. The van der Waals surface area contributed by atoms with Crippen LogP contribution in [-0.4, -0.2) is 31.8 Å². The summed E-state index contributed by atoms with van der Waals surface area (Å²) in [6, 6.07) is 14.6. The van der Waals surface area contributed by atoms with E-state index >= 15 is 0 Å². The number of carboxylic acid groups (broad SMARTS) is 1. The molecule has 3 aromatic rings. The predicted octanol–water partition coefficient (Wildman–Crippen LogP) is 3.44. The van der Waals surface area contributed by atoms with Crippen LogP contribution in [0, 0.1) is 0 Å². The molecule has 0 aliphatic carbocycles. The van der Waals surface area contributed by atoms with Gasteiger partial charge in [-0.15, -0.1) is 0 Å². The number of benzene rings is 2. The Morgan fingerprint density at radius 1 is 1.04 bits per heavy atom. The van der Waals surface area contributed by atoms with E-state index in [0.29, 0.717) is 11.1 Å². The molecule has 144 valence electrons. The molecule has 1 amide bonds. The number of aromatic nitrogens is 1. The van der Waals surface area contributed by atoms with Gasteiger partial charge in [0.05, 0.1) is 11.9 Å². The summed E-state index contributed by atoms with van der Waals surface area (Å²) < 4.78 is 11.0. The highest BCUT2D eigenvalue weighted by Gasteiger charge is 2.20. The smallest absolute Gasteiger partial charge is 0.348 e. The summed E-state index contributed by atoms with van der Waals surface area (Å²) in [7, 11) is -4.19. The van der Waals surface area contributed by atoms with Crippen molar-refractivity contribution in [3.05, 3.63) is 70.6 Å². The second-order valence-corrected chi connectivity index (χ2v) is 8.49. The number of nitrogens with one attached hydrogen (secondary N) is 1. The summed E-state index contributed by atoms with van der Waals surface area (Å²) in [6.45, 7) is 0. The summed E-state index contributed by atoms with van der Waals surface area (Å²) in [6.07, 6.45) is -0.413. The lowest BCUT2D eigenvalue weighted by Crippen LogP contribution is -2.11. The van der Waals surface area contributed by atoms with E-state index in [4.69, 9.17) is 9.79 Å². The highest BCUT2D eigenvalue weighted by molar-refractivity contribution is 7.50. The SMILES string of the molecule is O=C(Nc1nc(-c2ccccc2)c(C(=O)O)s1)c1ccc(CP(=O)(O)O)cc1. The van der Waals surface area contributed by atoms with Crippen molar-refractivity contribution >= 4 is 35.9 Å². The van der Waals surface area contributed by atoms with E-state index < -0.39 is 25.6 Å². The van der Waals surface area contributed by atoms with Gasteiger partial charge in [-0.25, -0.2) is 9.78 Å². The Bertz CT molecular complexity index is 1060. The predicted molar refractivity (Wildman–Crippen MR) is 105 cm³/mol. The number of thiazole rings is 1. The molecule has 0 aliphatic heterocycles. The van der Waals surface area contributed by atoms with Crippen molar-refractivity contribution in [3.8, 4) is 11.3 Å². The molecule has 0 atom stereocenters. The molecule has 1 aromatic heterocycles. The second kappa shape index (κ2) is 8.04. The third kappa shape index (κ3) is 4.90. The number of carbonyl (C=O) groups excluding carboxylic acids is 1. The monoisotopic (exact) mass is 418 g/mol. The minimum atomic E-state index is -4.19. The van der Waals surface area contributed by atoms with Crippen molar-refractivity contribution in [3.63, 3.8) is 0 Å². The number of anilines is 1. The fourth-order valence-electron chi connectivity index (χ4n) is 2.48. The molecule has 4 N–H and O–H groups in total. The van der Waals surface area contributed by atoms with Gasteiger partial charge in [0, 0.05) is 11.1 Å². The normalized spacial score (nSPS) is 11.2. The first-order valence-corrected chi connectivity index (χ1v) is 10.6. The molecule has 0 saturated carbocycles. The van der Waals surface area contributed by atoms with Crippen molar-refractivity contribution in [2.75, 3.05) is 5.32 Å². The van der Waals surface area contributed by atoms with Crippen molar-refractivity contribution in [1.29, 1.82) is 0 Å². The van der Waals surface area contributed by atoms with Gasteiger partial charge >= 0.3 is 13.6 Å². The van der Waals surface area contributed by atoms with Gasteiger partial charge < -0.3 is 14.9 Å². The lowest BCUT2D eigenvalue weighted by molar-refractivity contribution is 0.0702. The number of hydrogen-bond donors (Lipinski definition) is 4. The van der Waals surface area contributed by atoms with E-state index in [9.17, 15) is 19.3 Å². The van der Waals surface area contributed by atoms with E-state index in [1.807, 2.05) is 0 Å². The number of hydrogen-bond acceptors (Lipinski definition) is 5. The first-order valence-electron chi connectivity index (χ1n) is 7.97. The van der Waals surface area contributed by atoms with Crippen LogP contribution in [0.2, 0.25) is 0 Å². The Morgan fingerprint density at radius 3 is 2.25 bits per heavy atom. The van der Waals surface area contributed by atoms with Crippen LogP contribution in [0.3, 0.4) is 0 Å². The molecule has 1 heterocycles. The largest absolute Gasteiger partial charge is 0.477 e. The third-order valence-electron chi connectivity index (χ3n) is 3.69. The highest BCUT2D eigenvalue weighted by Crippen LogP contribution is 2.39. The van der Waals surface area contributed by atoms with Crippen molar-refractivity contribution in [2.45, 2.75) is 6.16 Å². The topological polar surface area (TPSA) is 137 Å². The van der Waals surface area contributed by atoms with Gasteiger partial charge in [0.2, 0.25) is 0 Å². The van der Waals surface area contributed by atoms with Crippen LogP contribution in [0.1, 0.15) is 25.6 Å². The lowest BCUT2D eigenvalue weighted by Gasteiger charge is -2.05. The fraction of sp³-hybridized carbons (Fsp3) is 0.0556. The van der Waals surface area contributed by atoms with Crippen LogP contribution in [-0.2, 0) is 10.7 Å². The molecular weight excluding hydrogens is 403 g/mol. The van der Waals surface area contributed by atoms with Gasteiger partial charge in [0.25, 0.3) is 5.91 Å². The molecule has 28 heavy (non-hydrogen) atoms. The molecule has 10 heteroatoms. The molecule has 0 saturated heterocycles. The van der Waals surface area contributed by atoms with Crippen LogP contribution in [0.4, 0.5) is 5.13 Å². The summed E-state index contributed by atoms with van der Waals surface area (Å²) in [4.78, 5) is 46.1. The Balaban J connectivity index is 1.81. The van der Waals surface area contributed by atoms with E-state index in [0.717, 1.165) is 11.3 Å². The van der Waals surface area contributed by atoms with Crippen LogP contribution in [0.25, 0.3) is 11.3 Å². The zero-order valence-electron chi connectivity index (χ0n) is 14.3. The second-order valence-electron chi connectivity index (χ2n) is 5.84. The van der Waals surface area contributed by atoms with Gasteiger partial charge in [-0.1, -0.05) is 53.8 Å². The number of amides is 1. The van der Waals surface area contributed by atoms with E-state index in [1.165, 1.54) is 24.3 Å². The van der Waals surface area contributed by atoms with E-state index in [2.05, 4.69) is 10.3 Å². The molecule has 0 bridgehead atoms. The molecule has 8 nitrogen and oxygen atoms in total. The lowest BCUT2D eigenvalue weighted by atomic mass is 10.1. The van der Waals surface area contributed by atoms with Crippen molar-refractivity contribution < 1.29 is 29.0 Å². The first kappa shape index (κ1) is 19.9. The van der Waals surface area contributed by atoms with Crippen molar-refractivity contribution in [2.24, 2.45) is 0 Å². The number of rotatable bonds is 6. The van der Waals surface area contributed by atoms with Crippen molar-refractivity contribution in [1.82, 2.24) is 4.98 Å².